The molecule has 0 unspecified atom stereocenters. The normalized spacial score (nSPS) is 10.8. The SMILES string of the molecule is CC(C)c1cc(=O)nc(NC(=O)NCCCCCCN(CCNc2ccc(N(CCO)CCO)cc2[N+](=O)[O-])C(=O)O)[nH]1. The van der Waals surface area contributed by atoms with Gasteiger partial charge in [0, 0.05) is 62.8 Å². The molecule has 0 aliphatic heterocycles. The Bertz CT molecular complexity index is 1250. The number of aromatic nitrogens is 2. The molecule has 7 N–H and O–H groups in total. The third-order valence-electron chi connectivity index (χ3n) is 6.51. The Morgan fingerprint density at radius 1 is 1.02 bits per heavy atom. The van der Waals surface area contributed by atoms with Crippen LogP contribution in [0.2, 0.25) is 0 Å². The zero-order chi connectivity index (χ0) is 31.8. The largest absolute Gasteiger partial charge is 0.465 e. The van der Waals surface area contributed by atoms with Crippen LogP contribution in [0.5, 0.6) is 0 Å². The van der Waals surface area contributed by atoms with Crippen molar-refractivity contribution in [2.45, 2.75) is 45.4 Å². The molecule has 0 radical (unpaired) electrons. The molecule has 0 spiro atoms. The first-order valence-electron chi connectivity index (χ1n) is 14.2. The van der Waals surface area contributed by atoms with Gasteiger partial charge in [0.2, 0.25) is 5.95 Å². The maximum atomic E-state index is 12.1. The Labute approximate surface area is 249 Å². The lowest BCUT2D eigenvalue weighted by molar-refractivity contribution is -0.383. The molecule has 2 rings (SSSR count). The van der Waals surface area contributed by atoms with Gasteiger partial charge in [0.15, 0.2) is 0 Å². The topological polar surface area (TPSA) is 226 Å². The number of amides is 3. The lowest BCUT2D eigenvalue weighted by atomic mass is 10.1. The highest BCUT2D eigenvalue weighted by Gasteiger charge is 2.18. The number of nitrogens with one attached hydrogen (secondary N) is 4. The fourth-order valence-electron chi connectivity index (χ4n) is 4.24. The molecule has 43 heavy (non-hydrogen) atoms. The van der Waals surface area contributed by atoms with Gasteiger partial charge >= 0.3 is 12.1 Å². The number of aromatic amines is 1. The van der Waals surface area contributed by atoms with E-state index in [0.29, 0.717) is 30.8 Å². The van der Waals surface area contributed by atoms with E-state index in [9.17, 15) is 39.8 Å². The Balaban J connectivity index is 1.74. The van der Waals surface area contributed by atoms with Crippen molar-refractivity contribution < 1.29 is 29.8 Å². The summed E-state index contributed by atoms with van der Waals surface area (Å²) in [5.41, 5.74) is 0.737. The van der Waals surface area contributed by atoms with Crippen LogP contribution in [-0.4, -0.2) is 99.7 Å². The number of hydrogen-bond acceptors (Lipinski definition) is 10. The van der Waals surface area contributed by atoms with Crippen molar-refractivity contribution in [3.63, 3.8) is 0 Å². The van der Waals surface area contributed by atoms with Crippen molar-refractivity contribution in [2.75, 3.05) is 68.0 Å². The number of nitro benzene ring substituents is 1. The maximum Gasteiger partial charge on any atom is 0.407 e. The number of unbranched alkanes of at least 4 members (excludes halogenated alkanes) is 3. The van der Waals surface area contributed by atoms with Crippen LogP contribution in [0.15, 0.2) is 29.1 Å². The van der Waals surface area contributed by atoms with Gasteiger partial charge < -0.3 is 40.7 Å². The highest BCUT2D eigenvalue weighted by molar-refractivity contribution is 5.87. The Kier molecular flexibility index (Phi) is 14.7. The number of carboxylic acid groups (broad SMARTS) is 1. The summed E-state index contributed by atoms with van der Waals surface area (Å²) in [6, 6.07) is 5.40. The van der Waals surface area contributed by atoms with Gasteiger partial charge in [0.25, 0.3) is 11.2 Å². The Hall–Kier alpha value is -4.44. The fourth-order valence-corrected chi connectivity index (χ4v) is 4.24. The molecule has 0 fully saturated rings. The highest BCUT2D eigenvalue weighted by Crippen LogP contribution is 2.29. The van der Waals surface area contributed by atoms with Gasteiger partial charge in [0.05, 0.1) is 18.1 Å². The fraction of sp³-hybridized carbons (Fsp3) is 0.556. The average molecular weight is 607 g/mol. The van der Waals surface area contributed by atoms with Crippen molar-refractivity contribution >= 4 is 35.1 Å². The van der Waals surface area contributed by atoms with Gasteiger partial charge in [-0.15, -0.1) is 0 Å². The van der Waals surface area contributed by atoms with E-state index in [1.165, 1.54) is 23.1 Å². The van der Waals surface area contributed by atoms with Crippen molar-refractivity contribution in [3.05, 3.63) is 50.4 Å². The summed E-state index contributed by atoms with van der Waals surface area (Å²) >= 11 is 0. The Morgan fingerprint density at radius 3 is 2.35 bits per heavy atom. The van der Waals surface area contributed by atoms with Crippen LogP contribution >= 0.6 is 0 Å². The summed E-state index contributed by atoms with van der Waals surface area (Å²) in [5.74, 6) is 0.145. The number of nitrogens with zero attached hydrogens (tertiary/aromatic N) is 4. The summed E-state index contributed by atoms with van der Waals surface area (Å²) in [5, 5.41) is 47.8. The van der Waals surface area contributed by atoms with Crippen molar-refractivity contribution in [1.82, 2.24) is 20.2 Å². The smallest absolute Gasteiger partial charge is 0.407 e. The van der Waals surface area contributed by atoms with Crippen LogP contribution in [0, 0.1) is 10.1 Å². The van der Waals surface area contributed by atoms with Crippen LogP contribution in [0.4, 0.5) is 32.6 Å². The number of carbonyl (C=O) groups is 2. The molecule has 3 amide bonds. The van der Waals surface area contributed by atoms with Gasteiger partial charge in [-0.05, 0) is 30.9 Å². The zero-order valence-corrected chi connectivity index (χ0v) is 24.5. The van der Waals surface area contributed by atoms with E-state index in [1.807, 2.05) is 13.8 Å². The molecule has 0 aliphatic rings. The summed E-state index contributed by atoms with van der Waals surface area (Å²) in [6.45, 7) is 4.82. The maximum absolute atomic E-state index is 12.1. The number of anilines is 3. The van der Waals surface area contributed by atoms with E-state index in [0.717, 1.165) is 12.8 Å². The molecule has 1 aromatic carbocycles. The first-order valence-corrected chi connectivity index (χ1v) is 14.2. The van der Waals surface area contributed by atoms with Gasteiger partial charge in [0.1, 0.15) is 5.69 Å². The molecule has 1 aromatic heterocycles. The average Bonchev–Trinajstić information content (AvgIpc) is 2.95. The van der Waals surface area contributed by atoms with E-state index in [4.69, 9.17) is 0 Å². The monoisotopic (exact) mass is 606 g/mol. The van der Waals surface area contributed by atoms with Gasteiger partial charge in [-0.25, -0.2) is 9.59 Å². The second kappa shape index (κ2) is 18.2. The Morgan fingerprint density at radius 2 is 1.72 bits per heavy atom. The molecule has 0 atom stereocenters. The molecular weight excluding hydrogens is 564 g/mol. The van der Waals surface area contributed by atoms with Gasteiger partial charge in [-0.2, -0.15) is 4.98 Å². The predicted octanol–water partition coefficient (Wildman–Crippen LogP) is 2.37. The second-order valence-electron chi connectivity index (χ2n) is 10.1. The van der Waals surface area contributed by atoms with E-state index >= 15 is 0 Å². The number of carbonyl (C=O) groups excluding carboxylic acids is 1. The minimum absolute atomic E-state index is 0.0693. The van der Waals surface area contributed by atoms with Crippen LogP contribution in [0.1, 0.15) is 51.1 Å². The summed E-state index contributed by atoms with van der Waals surface area (Å²) in [7, 11) is 0. The van der Waals surface area contributed by atoms with Crippen molar-refractivity contribution in [1.29, 1.82) is 0 Å². The van der Waals surface area contributed by atoms with Gasteiger partial charge in [-0.1, -0.05) is 26.7 Å². The van der Waals surface area contributed by atoms with Gasteiger partial charge in [-0.3, -0.25) is 20.2 Å². The molecular formula is C27H42N8O8. The molecule has 1 heterocycles. The quantitative estimate of drug-likeness (QED) is 0.0697. The third-order valence-corrected chi connectivity index (χ3v) is 6.51. The predicted molar refractivity (Wildman–Crippen MR) is 162 cm³/mol. The van der Waals surface area contributed by atoms with Crippen LogP contribution in [-0.2, 0) is 0 Å². The molecule has 0 saturated heterocycles. The third kappa shape index (κ3) is 12.1. The van der Waals surface area contributed by atoms with Crippen LogP contribution in [0.25, 0.3) is 0 Å². The van der Waals surface area contributed by atoms with E-state index in [-0.39, 0.29) is 69.2 Å². The van der Waals surface area contributed by atoms with Crippen LogP contribution in [0.3, 0.4) is 0 Å². The van der Waals surface area contributed by atoms with E-state index in [2.05, 4.69) is 25.9 Å². The standard InChI is InChI=1S/C27H42N8O8/c1-19(2)22-18-24(38)31-25(30-22)32-26(39)29-9-5-3-4-6-11-34(27(40)41)12-10-28-21-8-7-20(17-23(21)35(42)43)33(13-15-36)14-16-37/h7-8,17-19,28,36-37H,3-6,9-16H2,1-2H3,(H,40,41)(H3,29,30,31,32,38,39). The van der Waals surface area contributed by atoms with Crippen molar-refractivity contribution in [2.24, 2.45) is 0 Å². The number of aliphatic hydroxyl groups excluding tert-OH is 2. The molecule has 238 valence electrons. The summed E-state index contributed by atoms with van der Waals surface area (Å²) < 4.78 is 0. The van der Waals surface area contributed by atoms with Crippen molar-refractivity contribution in [3.8, 4) is 0 Å². The second-order valence-corrected chi connectivity index (χ2v) is 10.1. The van der Waals surface area contributed by atoms with E-state index < -0.39 is 22.6 Å². The molecule has 0 saturated carbocycles. The minimum Gasteiger partial charge on any atom is -0.465 e. The summed E-state index contributed by atoms with van der Waals surface area (Å²) in [6.07, 6.45) is 1.67. The molecule has 2 aromatic rings. The number of rotatable bonds is 19. The molecule has 16 nitrogen and oxygen atoms in total. The molecule has 16 heteroatoms. The highest BCUT2D eigenvalue weighted by atomic mass is 16.6. The number of H-pyrrole nitrogens is 1. The van der Waals surface area contributed by atoms with Crippen LogP contribution < -0.4 is 26.4 Å². The van der Waals surface area contributed by atoms with E-state index in [1.54, 1.807) is 11.0 Å². The minimum atomic E-state index is -1.10. The number of hydrogen-bond donors (Lipinski definition) is 7. The number of benzene rings is 1. The molecule has 0 bridgehead atoms. The number of nitro groups is 1. The number of aliphatic hydroxyl groups is 2. The summed E-state index contributed by atoms with van der Waals surface area (Å²) in [4.78, 5) is 56.1. The first-order chi connectivity index (χ1) is 20.5. The first kappa shape index (κ1) is 34.8. The molecule has 0 aliphatic carbocycles. The number of urea groups is 1. The lowest BCUT2D eigenvalue weighted by Gasteiger charge is -2.23. The lowest BCUT2D eigenvalue weighted by Crippen LogP contribution is -2.34. The zero-order valence-electron chi connectivity index (χ0n) is 24.5.